The van der Waals surface area contributed by atoms with Gasteiger partial charge < -0.3 is 10.0 Å². The second-order valence-corrected chi connectivity index (χ2v) is 9.24. The lowest BCUT2D eigenvalue weighted by Gasteiger charge is -2.43. The van der Waals surface area contributed by atoms with Gasteiger partial charge in [-0.2, -0.15) is 18.4 Å². The zero-order valence-corrected chi connectivity index (χ0v) is 20.8. The van der Waals surface area contributed by atoms with Crippen molar-refractivity contribution >= 4 is 21.6 Å². The van der Waals surface area contributed by atoms with Gasteiger partial charge in [0.2, 0.25) is 0 Å². The van der Waals surface area contributed by atoms with E-state index in [4.69, 9.17) is 5.26 Å². The lowest BCUT2D eigenvalue weighted by atomic mass is 9.77. The first-order valence-electron chi connectivity index (χ1n) is 11.2. The number of benzene rings is 1. The number of anilines is 1. The molecule has 0 spiro atoms. The lowest BCUT2D eigenvalue weighted by molar-refractivity contribution is -0.137. The molecule has 0 radical (unpaired) electrons. The van der Waals surface area contributed by atoms with Crippen LogP contribution in [0.5, 0.6) is 0 Å². The van der Waals surface area contributed by atoms with Crippen molar-refractivity contribution in [2.75, 3.05) is 11.4 Å². The van der Waals surface area contributed by atoms with E-state index < -0.39 is 17.3 Å². The van der Waals surface area contributed by atoms with Crippen LogP contribution in [0.25, 0.3) is 0 Å². The molecule has 2 atom stereocenters. The maximum absolute atomic E-state index is 13.4. The van der Waals surface area contributed by atoms with Gasteiger partial charge >= 0.3 is 6.18 Å². The molecule has 5 nitrogen and oxygen atoms in total. The number of aliphatic hydroxyl groups is 1. The Labute approximate surface area is 211 Å². The number of nitriles is 1. The SMILES string of the molecule is Brc1cccnc1.CCN(c1ccc(C#N)c(C(F)(F)F)c1)C1CCCC(O)(c2cccnc2)C1. The second-order valence-electron chi connectivity index (χ2n) is 8.32. The molecule has 0 aliphatic heterocycles. The minimum Gasteiger partial charge on any atom is -0.385 e. The highest BCUT2D eigenvalue weighted by molar-refractivity contribution is 9.10. The van der Waals surface area contributed by atoms with Crippen molar-refractivity contribution in [2.45, 2.75) is 50.4 Å². The third kappa shape index (κ3) is 6.80. The average molecular weight is 547 g/mol. The van der Waals surface area contributed by atoms with Crippen LogP contribution >= 0.6 is 15.9 Å². The van der Waals surface area contributed by atoms with E-state index in [0.717, 1.165) is 28.9 Å². The topological polar surface area (TPSA) is 73.0 Å². The van der Waals surface area contributed by atoms with Gasteiger partial charge in [0.25, 0.3) is 0 Å². The van der Waals surface area contributed by atoms with Crippen molar-refractivity contribution in [3.05, 3.63) is 88.4 Å². The maximum atomic E-state index is 13.4. The van der Waals surface area contributed by atoms with E-state index in [1.807, 2.05) is 30.0 Å². The Balaban J connectivity index is 0.000000420. The summed E-state index contributed by atoms with van der Waals surface area (Å²) in [5, 5.41) is 20.2. The van der Waals surface area contributed by atoms with Crippen LogP contribution in [0.4, 0.5) is 18.9 Å². The highest BCUT2D eigenvalue weighted by Gasteiger charge is 2.39. The van der Waals surface area contributed by atoms with Crippen LogP contribution in [0, 0.1) is 11.3 Å². The number of hydrogen-bond donors (Lipinski definition) is 1. The minimum absolute atomic E-state index is 0.113. The zero-order valence-electron chi connectivity index (χ0n) is 19.2. The summed E-state index contributed by atoms with van der Waals surface area (Å²) in [6.45, 7) is 2.38. The molecule has 35 heavy (non-hydrogen) atoms. The molecule has 1 aliphatic rings. The fourth-order valence-electron chi connectivity index (χ4n) is 4.43. The molecule has 184 valence electrons. The first kappa shape index (κ1) is 26.6. The quantitative estimate of drug-likeness (QED) is 0.405. The van der Waals surface area contributed by atoms with E-state index in [1.165, 1.54) is 6.07 Å². The second kappa shape index (κ2) is 11.6. The average Bonchev–Trinajstić information content (AvgIpc) is 2.85. The molecule has 4 rings (SSSR count). The smallest absolute Gasteiger partial charge is 0.385 e. The van der Waals surface area contributed by atoms with Crippen LogP contribution in [0.1, 0.15) is 49.3 Å². The molecular weight excluding hydrogens is 521 g/mol. The van der Waals surface area contributed by atoms with Crippen LogP contribution in [-0.2, 0) is 11.8 Å². The number of hydrogen-bond acceptors (Lipinski definition) is 5. The van der Waals surface area contributed by atoms with E-state index in [0.29, 0.717) is 25.1 Å². The Bertz CT molecular complexity index is 1140. The summed E-state index contributed by atoms with van der Waals surface area (Å²) in [7, 11) is 0. The third-order valence-electron chi connectivity index (χ3n) is 6.07. The minimum atomic E-state index is -4.59. The van der Waals surface area contributed by atoms with Gasteiger partial charge in [0.05, 0.1) is 22.8 Å². The van der Waals surface area contributed by atoms with E-state index in [9.17, 15) is 18.3 Å². The van der Waals surface area contributed by atoms with E-state index >= 15 is 0 Å². The number of nitrogens with zero attached hydrogens (tertiary/aromatic N) is 4. The van der Waals surface area contributed by atoms with Crippen molar-refractivity contribution in [2.24, 2.45) is 0 Å². The Kier molecular flexibility index (Phi) is 8.87. The molecule has 3 aromatic rings. The predicted octanol–water partition coefficient (Wildman–Crippen LogP) is 6.47. The molecule has 1 aliphatic carbocycles. The number of halogens is 4. The van der Waals surface area contributed by atoms with Gasteiger partial charge in [0.1, 0.15) is 0 Å². The van der Waals surface area contributed by atoms with Crippen molar-refractivity contribution < 1.29 is 18.3 Å². The molecule has 9 heteroatoms. The van der Waals surface area contributed by atoms with Crippen molar-refractivity contribution in [3.8, 4) is 6.07 Å². The predicted molar refractivity (Wildman–Crippen MR) is 132 cm³/mol. The molecule has 1 fully saturated rings. The van der Waals surface area contributed by atoms with Crippen molar-refractivity contribution in [3.63, 3.8) is 0 Å². The number of pyridine rings is 2. The molecular formula is C26H26BrF3N4O. The molecule has 0 bridgehead atoms. The Morgan fingerprint density at radius 3 is 2.40 bits per heavy atom. The van der Waals surface area contributed by atoms with Gasteiger partial charge in [-0.25, -0.2) is 0 Å². The van der Waals surface area contributed by atoms with Gasteiger partial charge in [-0.1, -0.05) is 6.07 Å². The number of aromatic nitrogens is 2. The molecule has 1 aromatic carbocycles. The van der Waals surface area contributed by atoms with Gasteiger partial charge in [-0.05, 0) is 78.5 Å². The van der Waals surface area contributed by atoms with Gasteiger partial charge in [0.15, 0.2) is 0 Å². The summed E-state index contributed by atoms with van der Waals surface area (Å²) in [5.74, 6) is 0. The summed E-state index contributed by atoms with van der Waals surface area (Å²) in [6.07, 6.45) is 4.71. The van der Waals surface area contributed by atoms with Crippen LogP contribution < -0.4 is 4.90 Å². The normalized spacial score (nSPS) is 19.7. The monoisotopic (exact) mass is 546 g/mol. The summed E-state index contributed by atoms with van der Waals surface area (Å²) < 4.78 is 41.1. The number of rotatable bonds is 4. The summed E-state index contributed by atoms with van der Waals surface area (Å²) in [4.78, 5) is 9.80. The largest absolute Gasteiger partial charge is 0.417 e. The molecule has 1 saturated carbocycles. The Hall–Kier alpha value is -2.96. The molecule has 2 aromatic heterocycles. The van der Waals surface area contributed by atoms with Crippen molar-refractivity contribution in [1.29, 1.82) is 5.26 Å². The first-order chi connectivity index (χ1) is 16.7. The highest BCUT2D eigenvalue weighted by Crippen LogP contribution is 2.41. The lowest BCUT2D eigenvalue weighted by Crippen LogP contribution is -2.45. The fraction of sp³-hybridized carbons (Fsp3) is 0.346. The van der Waals surface area contributed by atoms with Gasteiger partial charge in [-0.3, -0.25) is 9.97 Å². The van der Waals surface area contributed by atoms with E-state index in [2.05, 4.69) is 25.9 Å². The van der Waals surface area contributed by atoms with Gasteiger partial charge in [-0.15, -0.1) is 0 Å². The van der Waals surface area contributed by atoms with E-state index in [-0.39, 0.29) is 11.6 Å². The number of alkyl halides is 3. The molecule has 0 saturated heterocycles. The summed E-state index contributed by atoms with van der Waals surface area (Å²) in [6, 6.07) is 12.7. The van der Waals surface area contributed by atoms with Crippen LogP contribution in [0.15, 0.2) is 71.7 Å². The van der Waals surface area contributed by atoms with Crippen LogP contribution in [0.3, 0.4) is 0 Å². The maximum Gasteiger partial charge on any atom is 0.417 e. The van der Waals surface area contributed by atoms with Crippen LogP contribution in [-0.4, -0.2) is 27.7 Å². The molecule has 2 unspecified atom stereocenters. The van der Waals surface area contributed by atoms with E-state index in [1.54, 1.807) is 43.0 Å². The molecule has 1 N–H and O–H groups in total. The fourth-order valence-corrected chi connectivity index (χ4v) is 4.70. The Morgan fingerprint density at radius 2 is 1.89 bits per heavy atom. The molecule has 2 heterocycles. The Morgan fingerprint density at radius 1 is 1.17 bits per heavy atom. The third-order valence-corrected chi connectivity index (χ3v) is 6.54. The highest BCUT2D eigenvalue weighted by atomic mass is 79.9. The summed E-state index contributed by atoms with van der Waals surface area (Å²) >= 11 is 3.25. The summed E-state index contributed by atoms with van der Waals surface area (Å²) in [5.41, 5.74) is -1.22. The van der Waals surface area contributed by atoms with Crippen LogP contribution in [0.2, 0.25) is 0 Å². The molecule has 0 amide bonds. The van der Waals surface area contributed by atoms with Gasteiger partial charge in [0, 0.05) is 59.5 Å². The van der Waals surface area contributed by atoms with Crippen molar-refractivity contribution in [1.82, 2.24) is 9.97 Å². The standard InChI is InChI=1S/C21H22F3N3O.C5H4BrN/c1-2-27(17-8-7-15(13-25)19(11-17)21(22,23)24)18-6-3-9-20(28,12-18)16-5-4-10-26-14-16;6-5-2-1-3-7-4-5/h4-5,7-8,10-11,14,18,28H,2-3,6,9,12H2,1H3;1-4H. The first-order valence-corrected chi connectivity index (χ1v) is 12.0. The zero-order chi connectivity index (χ0) is 25.5.